The highest BCUT2D eigenvalue weighted by molar-refractivity contribution is 6.28. The van der Waals surface area contributed by atoms with Crippen LogP contribution in [0.25, 0.3) is 10.8 Å². The molecular weight excluding hydrogens is 426 g/mol. The highest BCUT2D eigenvalue weighted by Crippen LogP contribution is 2.55. The number of carbonyl (C=O) groups is 3. The van der Waals surface area contributed by atoms with Gasteiger partial charge in [0.15, 0.2) is 0 Å². The fourth-order valence-electron chi connectivity index (χ4n) is 6.18. The van der Waals surface area contributed by atoms with Crippen molar-refractivity contribution in [1.82, 2.24) is 5.32 Å². The second kappa shape index (κ2) is 7.11. The van der Waals surface area contributed by atoms with Crippen LogP contribution in [0.15, 0.2) is 78.9 Å². The highest BCUT2D eigenvalue weighted by Gasteiger charge is 2.71. The summed E-state index contributed by atoms with van der Waals surface area (Å²) in [6.07, 6.45) is 0. The van der Waals surface area contributed by atoms with E-state index in [9.17, 15) is 14.4 Å². The van der Waals surface area contributed by atoms with Crippen LogP contribution >= 0.6 is 0 Å². The summed E-state index contributed by atoms with van der Waals surface area (Å²) < 4.78 is 0. The topological polar surface area (TPSA) is 69.7 Å². The highest BCUT2D eigenvalue weighted by atomic mass is 16.2. The standard InChI is InChI=1S/C28H25N3O3/c1-16(2)15-30-22-13-7-6-12-20(22)28(27(30)34)24-23(17(3)29-28)25(32)31(26(24)33)21-14-8-10-18-9-4-5-11-19(18)21/h4-14,17,23-24,29H,1,15H2,2-3H3/t17-,23+,24-,28+/m1/s1. The first-order valence-electron chi connectivity index (χ1n) is 11.6. The first kappa shape index (κ1) is 20.8. The van der Waals surface area contributed by atoms with Crippen LogP contribution in [0.3, 0.4) is 0 Å². The molecule has 2 saturated heterocycles. The van der Waals surface area contributed by atoms with E-state index < -0.39 is 17.4 Å². The Morgan fingerprint density at radius 3 is 2.41 bits per heavy atom. The Kier molecular flexibility index (Phi) is 4.35. The van der Waals surface area contributed by atoms with E-state index in [1.54, 1.807) is 4.90 Å². The minimum Gasteiger partial charge on any atom is -0.306 e. The summed E-state index contributed by atoms with van der Waals surface area (Å²) in [4.78, 5) is 45.0. The van der Waals surface area contributed by atoms with Crippen molar-refractivity contribution in [3.05, 3.63) is 84.4 Å². The normalized spacial score (nSPS) is 27.7. The van der Waals surface area contributed by atoms with Crippen LogP contribution in [0.4, 0.5) is 11.4 Å². The molecule has 3 aromatic rings. The maximum atomic E-state index is 14.1. The molecule has 34 heavy (non-hydrogen) atoms. The van der Waals surface area contributed by atoms with E-state index in [4.69, 9.17) is 0 Å². The second-order valence-corrected chi connectivity index (χ2v) is 9.62. The summed E-state index contributed by atoms with van der Waals surface area (Å²) in [7, 11) is 0. The molecule has 0 aliphatic carbocycles. The summed E-state index contributed by atoms with van der Waals surface area (Å²) in [5.41, 5.74) is 1.65. The number of benzene rings is 3. The molecular formula is C28H25N3O3. The first-order valence-corrected chi connectivity index (χ1v) is 11.6. The van der Waals surface area contributed by atoms with Gasteiger partial charge >= 0.3 is 0 Å². The Balaban J connectivity index is 1.53. The van der Waals surface area contributed by atoms with Crippen LogP contribution in [0, 0.1) is 11.8 Å². The largest absolute Gasteiger partial charge is 0.306 e. The minimum absolute atomic E-state index is 0.197. The molecule has 0 saturated carbocycles. The Labute approximate surface area is 197 Å². The lowest BCUT2D eigenvalue weighted by atomic mass is 9.76. The van der Waals surface area contributed by atoms with E-state index in [1.165, 1.54) is 4.90 Å². The summed E-state index contributed by atoms with van der Waals surface area (Å²) in [5, 5.41) is 5.21. The Bertz CT molecular complexity index is 1410. The number of carbonyl (C=O) groups excluding carboxylic acids is 3. The molecule has 1 spiro atoms. The average Bonchev–Trinajstić information content (AvgIpc) is 3.37. The molecule has 2 fully saturated rings. The van der Waals surface area contributed by atoms with E-state index in [1.807, 2.05) is 80.6 Å². The van der Waals surface area contributed by atoms with Crippen molar-refractivity contribution in [2.45, 2.75) is 25.4 Å². The molecule has 3 amide bonds. The molecule has 3 aliphatic rings. The fourth-order valence-corrected chi connectivity index (χ4v) is 6.18. The van der Waals surface area contributed by atoms with Crippen molar-refractivity contribution in [2.75, 3.05) is 16.3 Å². The van der Waals surface area contributed by atoms with Crippen molar-refractivity contribution in [3.8, 4) is 0 Å². The van der Waals surface area contributed by atoms with Gasteiger partial charge in [-0.1, -0.05) is 66.7 Å². The van der Waals surface area contributed by atoms with Gasteiger partial charge in [0.2, 0.25) is 11.8 Å². The van der Waals surface area contributed by atoms with Gasteiger partial charge in [0, 0.05) is 29.2 Å². The van der Waals surface area contributed by atoms with Gasteiger partial charge in [0.25, 0.3) is 5.91 Å². The maximum absolute atomic E-state index is 14.1. The number of hydrogen-bond donors (Lipinski definition) is 1. The van der Waals surface area contributed by atoms with Crippen molar-refractivity contribution in [1.29, 1.82) is 0 Å². The van der Waals surface area contributed by atoms with Crippen LogP contribution in [-0.4, -0.2) is 30.3 Å². The third kappa shape index (κ3) is 2.51. The zero-order valence-electron chi connectivity index (χ0n) is 19.1. The number of hydrogen-bond acceptors (Lipinski definition) is 4. The SMILES string of the molecule is C=C(C)CN1C(=O)[C@]2(N[C@H](C)[C@@H]3C(=O)N(c4cccc5ccccc45)C(=O)[C@@H]32)c2ccccc21. The number of imide groups is 1. The third-order valence-corrected chi connectivity index (χ3v) is 7.45. The number of anilines is 2. The van der Waals surface area contributed by atoms with E-state index in [-0.39, 0.29) is 23.8 Å². The molecule has 0 radical (unpaired) electrons. The first-order chi connectivity index (χ1) is 16.4. The molecule has 170 valence electrons. The van der Waals surface area contributed by atoms with Crippen molar-refractivity contribution >= 4 is 39.9 Å². The Morgan fingerprint density at radius 1 is 0.941 bits per heavy atom. The molecule has 3 heterocycles. The number of nitrogens with zero attached hydrogens (tertiary/aromatic N) is 2. The van der Waals surface area contributed by atoms with Crippen LogP contribution in [-0.2, 0) is 19.9 Å². The van der Waals surface area contributed by atoms with E-state index >= 15 is 0 Å². The van der Waals surface area contributed by atoms with Gasteiger partial charge in [-0.3, -0.25) is 19.7 Å². The van der Waals surface area contributed by atoms with Gasteiger partial charge in [0.1, 0.15) is 5.54 Å². The summed E-state index contributed by atoms with van der Waals surface area (Å²) >= 11 is 0. The minimum atomic E-state index is -1.28. The van der Waals surface area contributed by atoms with E-state index in [0.717, 1.165) is 27.6 Å². The zero-order chi connectivity index (χ0) is 23.8. The average molecular weight is 452 g/mol. The van der Waals surface area contributed by atoms with Crippen molar-refractivity contribution in [3.63, 3.8) is 0 Å². The van der Waals surface area contributed by atoms with Crippen LogP contribution in [0.2, 0.25) is 0 Å². The fraction of sp³-hybridized carbons (Fsp3) is 0.250. The molecule has 0 bridgehead atoms. The maximum Gasteiger partial charge on any atom is 0.253 e. The molecule has 3 aliphatic heterocycles. The summed E-state index contributed by atoms with van der Waals surface area (Å²) in [5.74, 6) is -2.24. The van der Waals surface area contributed by atoms with Gasteiger partial charge in [-0.15, -0.1) is 0 Å². The van der Waals surface area contributed by atoms with Crippen LogP contribution < -0.4 is 15.1 Å². The predicted octanol–water partition coefficient (Wildman–Crippen LogP) is 3.76. The lowest BCUT2D eigenvalue weighted by Crippen LogP contribution is -2.55. The molecule has 0 unspecified atom stereocenters. The molecule has 6 heteroatoms. The van der Waals surface area contributed by atoms with Gasteiger partial charge in [-0.25, -0.2) is 4.90 Å². The molecule has 4 atom stereocenters. The van der Waals surface area contributed by atoms with Crippen molar-refractivity contribution < 1.29 is 14.4 Å². The van der Waals surface area contributed by atoms with Crippen molar-refractivity contribution in [2.24, 2.45) is 11.8 Å². The smallest absolute Gasteiger partial charge is 0.253 e. The predicted molar refractivity (Wildman–Crippen MR) is 131 cm³/mol. The Morgan fingerprint density at radius 2 is 1.62 bits per heavy atom. The number of rotatable bonds is 3. The second-order valence-electron chi connectivity index (χ2n) is 9.62. The molecule has 3 aromatic carbocycles. The number of fused-ring (bicyclic) bond motifs is 5. The van der Waals surface area contributed by atoms with Gasteiger partial charge in [-0.2, -0.15) is 0 Å². The van der Waals surface area contributed by atoms with Gasteiger partial charge in [0.05, 0.1) is 17.5 Å². The van der Waals surface area contributed by atoms with Crippen LogP contribution in [0.5, 0.6) is 0 Å². The molecule has 1 N–H and O–H groups in total. The van der Waals surface area contributed by atoms with Gasteiger partial charge in [-0.05, 0) is 31.4 Å². The van der Waals surface area contributed by atoms with Gasteiger partial charge < -0.3 is 4.90 Å². The third-order valence-electron chi connectivity index (χ3n) is 7.45. The number of para-hydroxylation sites is 1. The summed E-state index contributed by atoms with van der Waals surface area (Å²) in [6.45, 7) is 8.11. The molecule has 0 aromatic heterocycles. The number of amides is 3. The molecule has 6 nitrogen and oxygen atoms in total. The quantitative estimate of drug-likeness (QED) is 0.486. The van der Waals surface area contributed by atoms with E-state index in [2.05, 4.69) is 11.9 Å². The zero-order valence-corrected chi connectivity index (χ0v) is 19.1. The lowest BCUT2D eigenvalue weighted by Gasteiger charge is -2.30. The lowest BCUT2D eigenvalue weighted by molar-refractivity contribution is -0.132. The van der Waals surface area contributed by atoms with E-state index in [0.29, 0.717) is 12.2 Å². The number of nitrogens with one attached hydrogen (secondary N) is 1. The van der Waals surface area contributed by atoms with Crippen LogP contribution in [0.1, 0.15) is 19.4 Å². The molecule has 6 rings (SSSR count). The monoisotopic (exact) mass is 451 g/mol. The summed E-state index contributed by atoms with van der Waals surface area (Å²) in [6, 6.07) is 20.5. The Hall–Kier alpha value is -3.77.